The van der Waals surface area contributed by atoms with Crippen LogP contribution in [0, 0.1) is 0 Å². The summed E-state index contributed by atoms with van der Waals surface area (Å²) >= 11 is 0. The van der Waals surface area contributed by atoms with Gasteiger partial charge in [0.15, 0.2) is 0 Å². The van der Waals surface area contributed by atoms with Gasteiger partial charge < -0.3 is 14.6 Å². The van der Waals surface area contributed by atoms with E-state index >= 15 is 0 Å². The number of hydrogen-bond donors (Lipinski definition) is 1. The summed E-state index contributed by atoms with van der Waals surface area (Å²) in [4.78, 5) is 31.9. The van der Waals surface area contributed by atoms with Gasteiger partial charge in [-0.2, -0.15) is 0 Å². The molecular formula is C23H22N4O3. The van der Waals surface area contributed by atoms with Crippen LogP contribution in [0.5, 0.6) is 0 Å². The monoisotopic (exact) mass is 402 g/mol. The summed E-state index contributed by atoms with van der Waals surface area (Å²) in [6.07, 6.45) is 5.12. The molecule has 5 rings (SSSR count). The van der Waals surface area contributed by atoms with Gasteiger partial charge in [0.1, 0.15) is 17.6 Å². The molecule has 1 amide bonds. The lowest BCUT2D eigenvalue weighted by Crippen LogP contribution is -2.29. The van der Waals surface area contributed by atoms with Gasteiger partial charge in [-0.3, -0.25) is 14.2 Å². The third kappa shape index (κ3) is 3.43. The maximum Gasteiger partial charge on any atom is 0.297 e. The van der Waals surface area contributed by atoms with E-state index in [1.54, 1.807) is 6.07 Å². The largest absolute Gasteiger partial charge is 0.448 e. The second-order valence-corrected chi connectivity index (χ2v) is 7.60. The highest BCUT2D eigenvalue weighted by atomic mass is 16.3. The molecule has 0 spiro atoms. The van der Waals surface area contributed by atoms with Gasteiger partial charge in [-0.25, -0.2) is 4.98 Å². The normalized spacial score (nSPS) is 14.3. The van der Waals surface area contributed by atoms with Crippen molar-refractivity contribution < 1.29 is 9.21 Å². The van der Waals surface area contributed by atoms with Crippen LogP contribution >= 0.6 is 0 Å². The molecule has 0 aliphatic carbocycles. The van der Waals surface area contributed by atoms with Crippen molar-refractivity contribution in [1.82, 2.24) is 9.55 Å². The smallest absolute Gasteiger partial charge is 0.297 e. The van der Waals surface area contributed by atoms with Crippen LogP contribution in [0.3, 0.4) is 0 Å². The first-order valence-corrected chi connectivity index (χ1v) is 10.2. The summed E-state index contributed by atoms with van der Waals surface area (Å²) in [5.41, 5.74) is 2.79. The Balaban J connectivity index is 1.31. The Morgan fingerprint density at radius 3 is 2.60 bits per heavy atom. The van der Waals surface area contributed by atoms with Crippen molar-refractivity contribution >= 4 is 39.4 Å². The molecule has 3 heterocycles. The number of amides is 1. The Labute approximate surface area is 172 Å². The minimum Gasteiger partial charge on any atom is -0.448 e. The lowest BCUT2D eigenvalue weighted by atomic mass is 10.1. The average Bonchev–Trinajstić information content (AvgIpc) is 3.16. The van der Waals surface area contributed by atoms with Gasteiger partial charge >= 0.3 is 0 Å². The topological polar surface area (TPSA) is 80.4 Å². The molecule has 0 atom stereocenters. The number of hydrogen-bond acceptors (Lipinski definition) is 5. The average molecular weight is 402 g/mol. The quantitative estimate of drug-likeness (QED) is 0.562. The molecule has 152 valence electrons. The SMILES string of the molecule is O=C(Cn1cnc2c(oc3ccccc32)c1=O)Nc1ccc(N2CCCCC2)cc1. The molecule has 2 aromatic heterocycles. The van der Waals surface area contributed by atoms with E-state index in [4.69, 9.17) is 4.42 Å². The fourth-order valence-electron chi connectivity index (χ4n) is 3.99. The molecule has 7 heteroatoms. The van der Waals surface area contributed by atoms with E-state index in [0.717, 1.165) is 18.5 Å². The van der Waals surface area contributed by atoms with Gasteiger partial charge in [0, 0.05) is 29.9 Å². The van der Waals surface area contributed by atoms with Gasteiger partial charge in [0.05, 0.1) is 6.33 Å². The predicted molar refractivity (Wildman–Crippen MR) is 117 cm³/mol. The summed E-state index contributed by atoms with van der Waals surface area (Å²) in [5.74, 6) is -0.292. The molecule has 4 aromatic rings. The first-order valence-electron chi connectivity index (χ1n) is 10.2. The van der Waals surface area contributed by atoms with Gasteiger partial charge in [0.2, 0.25) is 11.5 Å². The van der Waals surface area contributed by atoms with Crippen LogP contribution in [0.25, 0.3) is 22.1 Å². The van der Waals surface area contributed by atoms with E-state index in [0.29, 0.717) is 16.8 Å². The Hall–Kier alpha value is -3.61. The van der Waals surface area contributed by atoms with Gasteiger partial charge in [-0.05, 0) is 55.7 Å². The molecule has 2 aromatic carbocycles. The summed E-state index contributed by atoms with van der Waals surface area (Å²) in [7, 11) is 0. The molecule has 1 fully saturated rings. The van der Waals surface area contributed by atoms with E-state index in [2.05, 4.69) is 15.2 Å². The molecule has 0 saturated carbocycles. The highest BCUT2D eigenvalue weighted by molar-refractivity contribution is 6.01. The van der Waals surface area contributed by atoms with Gasteiger partial charge in [-0.15, -0.1) is 0 Å². The summed E-state index contributed by atoms with van der Waals surface area (Å²) < 4.78 is 6.93. The number of anilines is 2. The molecule has 7 nitrogen and oxygen atoms in total. The lowest BCUT2D eigenvalue weighted by molar-refractivity contribution is -0.116. The molecule has 0 unspecified atom stereocenters. The van der Waals surface area contributed by atoms with Crippen LogP contribution in [0.2, 0.25) is 0 Å². The minimum absolute atomic E-state index is 0.132. The van der Waals surface area contributed by atoms with Crippen molar-refractivity contribution in [1.29, 1.82) is 0 Å². The summed E-state index contributed by atoms with van der Waals surface area (Å²) in [6, 6.07) is 15.2. The minimum atomic E-state index is -0.369. The van der Waals surface area contributed by atoms with E-state index in [1.807, 2.05) is 42.5 Å². The standard InChI is InChI=1S/C23H22N4O3/c28-20(25-16-8-10-17(11-9-16)26-12-4-1-5-13-26)14-27-15-24-21-18-6-2-3-7-19(18)30-22(21)23(27)29/h2-3,6-11,15H,1,4-5,12-14H2,(H,25,28). The molecule has 30 heavy (non-hydrogen) atoms. The van der Waals surface area contributed by atoms with E-state index in [-0.39, 0.29) is 23.6 Å². The number of nitrogens with one attached hydrogen (secondary N) is 1. The van der Waals surface area contributed by atoms with Crippen LogP contribution in [0.4, 0.5) is 11.4 Å². The third-order valence-corrected chi connectivity index (χ3v) is 5.54. The summed E-state index contributed by atoms with van der Waals surface area (Å²) in [6.45, 7) is 2.02. The van der Waals surface area contributed by atoms with Crippen LogP contribution in [0.1, 0.15) is 19.3 Å². The number of nitrogens with zero attached hydrogens (tertiary/aromatic N) is 3. The molecule has 1 aliphatic heterocycles. The number of fused-ring (bicyclic) bond motifs is 3. The molecule has 1 saturated heterocycles. The molecule has 0 radical (unpaired) electrons. The van der Waals surface area contributed by atoms with Crippen LogP contribution in [-0.2, 0) is 11.3 Å². The van der Waals surface area contributed by atoms with Crippen molar-refractivity contribution in [3.8, 4) is 0 Å². The van der Waals surface area contributed by atoms with Crippen molar-refractivity contribution in [2.45, 2.75) is 25.8 Å². The van der Waals surface area contributed by atoms with Crippen molar-refractivity contribution in [3.63, 3.8) is 0 Å². The molecule has 0 bridgehead atoms. The van der Waals surface area contributed by atoms with Crippen molar-refractivity contribution in [3.05, 3.63) is 65.2 Å². The number of para-hydroxylation sites is 1. The van der Waals surface area contributed by atoms with E-state index in [9.17, 15) is 9.59 Å². The number of piperidine rings is 1. The van der Waals surface area contributed by atoms with Gasteiger partial charge in [0.25, 0.3) is 5.56 Å². The Bertz CT molecular complexity index is 1270. The Morgan fingerprint density at radius 2 is 1.80 bits per heavy atom. The molecule has 1 aliphatic rings. The fraction of sp³-hybridized carbons (Fsp3) is 0.261. The zero-order valence-electron chi connectivity index (χ0n) is 16.5. The van der Waals surface area contributed by atoms with E-state index in [1.165, 1.54) is 35.8 Å². The van der Waals surface area contributed by atoms with Gasteiger partial charge in [-0.1, -0.05) is 12.1 Å². The number of carbonyl (C=O) groups excluding carboxylic acids is 1. The van der Waals surface area contributed by atoms with E-state index < -0.39 is 0 Å². The number of benzene rings is 2. The highest BCUT2D eigenvalue weighted by Crippen LogP contribution is 2.24. The van der Waals surface area contributed by atoms with Crippen LogP contribution in [0.15, 0.2) is 64.1 Å². The first-order chi connectivity index (χ1) is 14.7. The number of carbonyl (C=O) groups is 1. The highest BCUT2D eigenvalue weighted by Gasteiger charge is 2.15. The molecular weight excluding hydrogens is 380 g/mol. The maximum absolute atomic E-state index is 12.7. The Morgan fingerprint density at radius 1 is 1.03 bits per heavy atom. The second kappa shape index (κ2) is 7.67. The maximum atomic E-state index is 12.7. The van der Waals surface area contributed by atoms with Crippen molar-refractivity contribution in [2.75, 3.05) is 23.3 Å². The molecule has 1 N–H and O–H groups in total. The Kier molecular flexibility index (Phi) is 4.71. The second-order valence-electron chi connectivity index (χ2n) is 7.60. The third-order valence-electron chi connectivity index (χ3n) is 5.54. The lowest BCUT2D eigenvalue weighted by Gasteiger charge is -2.28. The zero-order chi connectivity index (χ0) is 20.5. The van der Waals surface area contributed by atoms with Crippen LogP contribution < -0.4 is 15.8 Å². The zero-order valence-corrected chi connectivity index (χ0v) is 16.5. The van der Waals surface area contributed by atoms with Crippen molar-refractivity contribution in [2.24, 2.45) is 0 Å². The number of furan rings is 1. The number of aromatic nitrogens is 2. The first kappa shape index (κ1) is 18.4. The number of rotatable bonds is 4. The fourth-order valence-corrected chi connectivity index (χ4v) is 3.99. The van der Waals surface area contributed by atoms with Crippen LogP contribution in [-0.4, -0.2) is 28.5 Å². The summed E-state index contributed by atoms with van der Waals surface area (Å²) in [5, 5.41) is 3.63. The predicted octanol–water partition coefficient (Wildman–Crippen LogP) is 3.77.